The minimum atomic E-state index is -0.705. The summed E-state index contributed by atoms with van der Waals surface area (Å²) in [5.41, 5.74) is 0.585. The zero-order valence-corrected chi connectivity index (χ0v) is 11.7. The minimum absolute atomic E-state index is 0.129. The number of benzene rings is 2. The molecule has 0 fully saturated rings. The van der Waals surface area contributed by atoms with Gasteiger partial charge in [0.1, 0.15) is 17.3 Å². The molecule has 1 N–H and O–H groups in total. The van der Waals surface area contributed by atoms with E-state index in [-0.39, 0.29) is 28.2 Å². The van der Waals surface area contributed by atoms with E-state index < -0.39 is 10.7 Å². The predicted molar refractivity (Wildman–Crippen MR) is 74.5 cm³/mol. The van der Waals surface area contributed by atoms with Gasteiger partial charge in [0.2, 0.25) is 0 Å². The van der Waals surface area contributed by atoms with Crippen LogP contribution in [0.4, 0.5) is 20.2 Å². The third-order valence-electron chi connectivity index (χ3n) is 2.63. The van der Waals surface area contributed by atoms with Crippen molar-refractivity contribution < 1.29 is 13.7 Å². The molecule has 2 aromatic carbocycles. The lowest BCUT2D eigenvalue weighted by Gasteiger charge is -2.08. The number of nitrogens with zero attached hydrogens (tertiary/aromatic N) is 1. The molecule has 0 aliphatic rings. The topological polar surface area (TPSA) is 55.2 Å². The van der Waals surface area contributed by atoms with Gasteiger partial charge in [-0.15, -0.1) is 0 Å². The Morgan fingerprint density at radius 1 is 1.20 bits per heavy atom. The van der Waals surface area contributed by atoms with Crippen molar-refractivity contribution in [3.05, 3.63) is 68.2 Å². The highest BCUT2D eigenvalue weighted by molar-refractivity contribution is 9.10. The van der Waals surface area contributed by atoms with Crippen LogP contribution in [0.15, 0.2) is 40.9 Å². The van der Waals surface area contributed by atoms with Crippen LogP contribution in [0.2, 0.25) is 0 Å². The summed E-state index contributed by atoms with van der Waals surface area (Å²) >= 11 is 2.98. The standard InChI is InChI=1S/C13H9BrF2N2O2/c14-10-5-12(13(18(19)20)6-11(10)16)17-7-8-1-3-9(15)4-2-8/h1-6,17H,7H2. The quantitative estimate of drug-likeness (QED) is 0.667. The number of hydrogen-bond donors (Lipinski definition) is 1. The summed E-state index contributed by atoms with van der Waals surface area (Å²) in [6.07, 6.45) is 0. The Morgan fingerprint density at radius 3 is 2.45 bits per heavy atom. The van der Waals surface area contributed by atoms with Crippen LogP contribution >= 0.6 is 15.9 Å². The smallest absolute Gasteiger partial charge is 0.295 e. The number of halogens is 3. The van der Waals surface area contributed by atoms with Gasteiger partial charge in [0, 0.05) is 6.54 Å². The number of rotatable bonds is 4. The molecule has 0 bridgehead atoms. The van der Waals surface area contributed by atoms with Gasteiger partial charge in [0.05, 0.1) is 15.5 Å². The van der Waals surface area contributed by atoms with Crippen LogP contribution in [0.25, 0.3) is 0 Å². The highest BCUT2D eigenvalue weighted by Gasteiger charge is 2.17. The first kappa shape index (κ1) is 14.4. The summed E-state index contributed by atoms with van der Waals surface area (Å²) in [5.74, 6) is -1.06. The van der Waals surface area contributed by atoms with Crippen molar-refractivity contribution in [2.45, 2.75) is 6.54 Å². The fourth-order valence-corrected chi connectivity index (χ4v) is 1.97. The number of hydrogen-bond acceptors (Lipinski definition) is 3. The molecular weight excluding hydrogens is 334 g/mol. The average molecular weight is 343 g/mol. The van der Waals surface area contributed by atoms with E-state index in [4.69, 9.17) is 0 Å². The number of nitro groups is 1. The van der Waals surface area contributed by atoms with Gasteiger partial charge in [0.25, 0.3) is 5.69 Å². The first-order valence-electron chi connectivity index (χ1n) is 5.59. The van der Waals surface area contributed by atoms with Crippen molar-refractivity contribution in [1.29, 1.82) is 0 Å². The molecule has 0 saturated carbocycles. The van der Waals surface area contributed by atoms with Gasteiger partial charge < -0.3 is 5.32 Å². The number of anilines is 1. The van der Waals surface area contributed by atoms with Crippen molar-refractivity contribution in [2.24, 2.45) is 0 Å². The van der Waals surface area contributed by atoms with E-state index in [9.17, 15) is 18.9 Å². The first-order chi connectivity index (χ1) is 9.47. The predicted octanol–water partition coefficient (Wildman–Crippen LogP) is 4.25. The monoisotopic (exact) mass is 342 g/mol. The van der Waals surface area contributed by atoms with Crippen molar-refractivity contribution in [1.82, 2.24) is 0 Å². The zero-order chi connectivity index (χ0) is 14.7. The summed E-state index contributed by atoms with van der Waals surface area (Å²) in [5, 5.41) is 13.7. The summed E-state index contributed by atoms with van der Waals surface area (Å²) in [4.78, 5) is 10.2. The second-order valence-electron chi connectivity index (χ2n) is 4.02. The molecule has 0 atom stereocenters. The minimum Gasteiger partial charge on any atom is -0.375 e. The van der Waals surface area contributed by atoms with Gasteiger partial charge in [0.15, 0.2) is 0 Å². The Bertz CT molecular complexity index is 648. The van der Waals surface area contributed by atoms with Crippen LogP contribution in [-0.4, -0.2) is 4.92 Å². The number of nitro benzene ring substituents is 1. The van der Waals surface area contributed by atoms with Crippen molar-refractivity contribution in [3.8, 4) is 0 Å². The maximum absolute atomic E-state index is 13.3. The second kappa shape index (κ2) is 5.96. The second-order valence-corrected chi connectivity index (χ2v) is 4.87. The van der Waals surface area contributed by atoms with Crippen LogP contribution in [-0.2, 0) is 6.54 Å². The van der Waals surface area contributed by atoms with Gasteiger partial charge in [-0.2, -0.15) is 0 Å². The van der Waals surface area contributed by atoms with Crippen LogP contribution in [0.3, 0.4) is 0 Å². The zero-order valence-electron chi connectivity index (χ0n) is 10.1. The number of nitrogens with one attached hydrogen (secondary N) is 1. The fraction of sp³-hybridized carbons (Fsp3) is 0.0769. The third kappa shape index (κ3) is 3.30. The summed E-state index contributed by atoms with van der Waals surface area (Å²) < 4.78 is 26.2. The Labute approximate surface area is 121 Å². The summed E-state index contributed by atoms with van der Waals surface area (Å²) in [6, 6.07) is 7.87. The molecule has 0 radical (unpaired) electrons. The van der Waals surface area contributed by atoms with E-state index >= 15 is 0 Å². The maximum atomic E-state index is 13.3. The third-order valence-corrected chi connectivity index (χ3v) is 3.24. The molecule has 0 aliphatic heterocycles. The van der Waals surface area contributed by atoms with Crippen LogP contribution in [0.5, 0.6) is 0 Å². The molecular formula is C13H9BrF2N2O2. The van der Waals surface area contributed by atoms with Gasteiger partial charge in [-0.3, -0.25) is 10.1 Å². The van der Waals surface area contributed by atoms with E-state index in [0.29, 0.717) is 0 Å². The molecule has 0 spiro atoms. The van der Waals surface area contributed by atoms with Crippen molar-refractivity contribution in [2.75, 3.05) is 5.32 Å². The molecule has 20 heavy (non-hydrogen) atoms. The molecule has 0 unspecified atom stereocenters. The van der Waals surface area contributed by atoms with Gasteiger partial charge in [-0.25, -0.2) is 8.78 Å². The van der Waals surface area contributed by atoms with E-state index in [1.54, 1.807) is 12.1 Å². The maximum Gasteiger partial charge on any atom is 0.295 e. The molecule has 7 heteroatoms. The normalized spacial score (nSPS) is 10.3. The highest BCUT2D eigenvalue weighted by Crippen LogP contribution is 2.30. The Morgan fingerprint density at radius 2 is 1.85 bits per heavy atom. The largest absolute Gasteiger partial charge is 0.375 e. The first-order valence-corrected chi connectivity index (χ1v) is 6.38. The van der Waals surface area contributed by atoms with E-state index in [0.717, 1.165) is 11.6 Å². The molecule has 0 aromatic heterocycles. The Kier molecular flexibility index (Phi) is 4.29. The van der Waals surface area contributed by atoms with E-state index in [2.05, 4.69) is 21.2 Å². The molecule has 0 heterocycles. The van der Waals surface area contributed by atoms with Crippen LogP contribution in [0.1, 0.15) is 5.56 Å². The Balaban J connectivity index is 2.22. The van der Waals surface area contributed by atoms with E-state index in [1.165, 1.54) is 18.2 Å². The van der Waals surface area contributed by atoms with Gasteiger partial charge in [-0.1, -0.05) is 12.1 Å². The van der Waals surface area contributed by atoms with Gasteiger partial charge in [-0.05, 0) is 39.7 Å². The lowest BCUT2D eigenvalue weighted by atomic mass is 10.2. The van der Waals surface area contributed by atoms with E-state index in [1.807, 2.05) is 0 Å². The molecule has 104 valence electrons. The highest BCUT2D eigenvalue weighted by atomic mass is 79.9. The van der Waals surface area contributed by atoms with Crippen LogP contribution in [0, 0.1) is 21.7 Å². The molecule has 4 nitrogen and oxygen atoms in total. The van der Waals surface area contributed by atoms with Gasteiger partial charge >= 0.3 is 0 Å². The molecule has 0 saturated heterocycles. The summed E-state index contributed by atoms with van der Waals surface area (Å²) in [7, 11) is 0. The fourth-order valence-electron chi connectivity index (χ4n) is 1.63. The Hall–Kier alpha value is -2.02. The average Bonchev–Trinajstić information content (AvgIpc) is 2.41. The molecule has 2 rings (SSSR count). The SMILES string of the molecule is O=[N+]([O-])c1cc(F)c(Br)cc1NCc1ccc(F)cc1. The van der Waals surface area contributed by atoms with Crippen molar-refractivity contribution in [3.63, 3.8) is 0 Å². The summed E-state index contributed by atoms with van der Waals surface area (Å²) in [6.45, 7) is 0.263. The van der Waals surface area contributed by atoms with Crippen molar-refractivity contribution >= 4 is 27.3 Å². The lowest BCUT2D eigenvalue weighted by molar-refractivity contribution is -0.384. The molecule has 0 amide bonds. The molecule has 0 aliphatic carbocycles. The lowest BCUT2D eigenvalue weighted by Crippen LogP contribution is -2.03. The van der Waals surface area contributed by atoms with Crippen LogP contribution < -0.4 is 5.32 Å². The molecule has 2 aromatic rings.